The number of alkyl halides is 3. The number of primary amides is 1. The number of carbonyl (C=O) groups excluding carboxylic acids is 2. The van der Waals surface area contributed by atoms with E-state index >= 15 is 0 Å². The summed E-state index contributed by atoms with van der Waals surface area (Å²) in [5, 5.41) is 7.31. The predicted molar refractivity (Wildman–Crippen MR) is 119 cm³/mol. The Hall–Kier alpha value is -4.19. The highest BCUT2D eigenvalue weighted by Crippen LogP contribution is 2.43. The Morgan fingerprint density at radius 2 is 1.92 bits per heavy atom. The van der Waals surface area contributed by atoms with Crippen molar-refractivity contribution in [2.75, 3.05) is 6.61 Å². The first-order valence-corrected chi connectivity index (χ1v) is 10.6. The number of ether oxygens (including phenoxy) is 1. The molecule has 0 aliphatic rings. The van der Waals surface area contributed by atoms with Crippen molar-refractivity contribution in [1.82, 2.24) is 14.9 Å². The predicted octanol–water partition coefficient (Wildman–Crippen LogP) is 5.28. The number of hydrogen-bond acceptors (Lipinski definition) is 6. The largest absolute Gasteiger partial charge is 0.462 e. The third-order valence-electron chi connectivity index (χ3n) is 5.03. The van der Waals surface area contributed by atoms with E-state index in [0.29, 0.717) is 4.68 Å². The molecule has 0 aliphatic carbocycles. The molecule has 1 amide bonds. The van der Waals surface area contributed by atoms with Gasteiger partial charge in [0.15, 0.2) is 11.5 Å². The molecule has 8 nitrogen and oxygen atoms in total. The monoisotopic (exact) mass is 522 g/mol. The van der Waals surface area contributed by atoms with E-state index in [4.69, 9.17) is 26.6 Å². The van der Waals surface area contributed by atoms with Crippen LogP contribution in [0.3, 0.4) is 0 Å². The first-order valence-electron chi connectivity index (χ1n) is 10.2. The fourth-order valence-corrected chi connectivity index (χ4v) is 3.79. The van der Waals surface area contributed by atoms with E-state index in [1.165, 1.54) is 37.3 Å². The van der Waals surface area contributed by atoms with Gasteiger partial charge in [-0.25, -0.2) is 13.9 Å². The molecule has 4 aromatic rings. The van der Waals surface area contributed by atoms with Gasteiger partial charge in [0.25, 0.3) is 0 Å². The van der Waals surface area contributed by atoms with Crippen LogP contribution >= 0.6 is 11.6 Å². The van der Waals surface area contributed by atoms with Crippen LogP contribution in [0.1, 0.15) is 33.3 Å². The summed E-state index contributed by atoms with van der Waals surface area (Å²) in [6, 6.07) is 8.69. The Morgan fingerprint density at radius 3 is 2.56 bits per heavy atom. The minimum atomic E-state index is -5.02. The van der Waals surface area contributed by atoms with Gasteiger partial charge in [-0.05, 0) is 37.3 Å². The molecule has 4 rings (SSSR count). The second-order valence-corrected chi connectivity index (χ2v) is 7.69. The number of aromatic nitrogens is 3. The molecule has 0 unspecified atom stereocenters. The van der Waals surface area contributed by atoms with E-state index in [1.54, 1.807) is 0 Å². The number of carbonyl (C=O) groups is 2. The summed E-state index contributed by atoms with van der Waals surface area (Å²) in [6.45, 7) is 1.34. The molecule has 0 bridgehead atoms. The third-order valence-corrected chi connectivity index (χ3v) is 5.34. The highest BCUT2D eigenvalue weighted by atomic mass is 35.5. The van der Waals surface area contributed by atoms with Crippen molar-refractivity contribution >= 4 is 23.5 Å². The highest BCUT2D eigenvalue weighted by molar-refractivity contribution is 6.33. The SMILES string of the molecule is CCOC(=O)c1c(-c2c(F)cccc2Cl)noc1-c1cnn(-c2cccc(C(N)=O)c2)c1C(F)(F)F. The second-order valence-electron chi connectivity index (χ2n) is 7.28. The summed E-state index contributed by atoms with van der Waals surface area (Å²) in [6.07, 6.45) is -4.22. The number of rotatable bonds is 6. The lowest BCUT2D eigenvalue weighted by Gasteiger charge is -2.13. The van der Waals surface area contributed by atoms with Crippen LogP contribution in [0, 0.1) is 5.82 Å². The van der Waals surface area contributed by atoms with Crippen molar-refractivity contribution in [3.05, 3.63) is 76.3 Å². The highest BCUT2D eigenvalue weighted by Gasteiger charge is 2.42. The Kier molecular flexibility index (Phi) is 6.55. The van der Waals surface area contributed by atoms with Gasteiger partial charge in [-0.1, -0.05) is 28.9 Å². The minimum absolute atomic E-state index is 0.0546. The molecule has 0 atom stereocenters. The number of esters is 1. The number of nitrogens with two attached hydrogens (primary N) is 1. The molecule has 186 valence electrons. The summed E-state index contributed by atoms with van der Waals surface area (Å²) in [4.78, 5) is 24.3. The zero-order valence-corrected chi connectivity index (χ0v) is 19.0. The molecule has 0 saturated carbocycles. The first kappa shape index (κ1) is 24.9. The molecular formula is C23H15ClF4N4O4. The third kappa shape index (κ3) is 4.42. The van der Waals surface area contributed by atoms with Gasteiger partial charge in [0.05, 0.1) is 34.6 Å². The van der Waals surface area contributed by atoms with Gasteiger partial charge in [-0.15, -0.1) is 0 Å². The molecular weight excluding hydrogens is 508 g/mol. The summed E-state index contributed by atoms with van der Waals surface area (Å²) in [5.41, 5.74) is 1.65. The molecule has 36 heavy (non-hydrogen) atoms. The Morgan fingerprint density at radius 1 is 1.19 bits per heavy atom. The zero-order chi connectivity index (χ0) is 26.2. The molecule has 0 spiro atoms. The maximum atomic E-state index is 14.6. The standard InChI is InChI=1S/C23H15ClF4N4O4/c1-2-35-22(34)17-18(16-14(24)7-4-8-15(16)25)31-36-19(17)13-10-30-32(20(13)23(26,27)28)12-6-3-5-11(9-12)21(29)33/h3-10H,2H2,1H3,(H2,29,33). The molecule has 0 radical (unpaired) electrons. The van der Waals surface area contributed by atoms with Gasteiger partial charge in [0.2, 0.25) is 5.91 Å². The fourth-order valence-electron chi connectivity index (χ4n) is 3.54. The van der Waals surface area contributed by atoms with E-state index in [-0.39, 0.29) is 28.4 Å². The normalized spacial score (nSPS) is 11.5. The minimum Gasteiger partial charge on any atom is -0.462 e. The molecule has 0 aliphatic heterocycles. The molecule has 2 heterocycles. The number of halogens is 5. The summed E-state index contributed by atoms with van der Waals surface area (Å²) >= 11 is 6.09. The maximum absolute atomic E-state index is 14.6. The van der Waals surface area contributed by atoms with E-state index in [1.807, 2.05) is 0 Å². The van der Waals surface area contributed by atoms with Crippen molar-refractivity contribution in [1.29, 1.82) is 0 Å². The lowest BCUT2D eigenvalue weighted by molar-refractivity contribution is -0.142. The van der Waals surface area contributed by atoms with E-state index in [0.717, 1.165) is 18.3 Å². The van der Waals surface area contributed by atoms with Crippen LogP contribution in [0.25, 0.3) is 28.3 Å². The lowest BCUT2D eigenvalue weighted by atomic mass is 10.0. The van der Waals surface area contributed by atoms with Crippen molar-refractivity contribution in [2.45, 2.75) is 13.1 Å². The van der Waals surface area contributed by atoms with Crippen molar-refractivity contribution in [3.63, 3.8) is 0 Å². The summed E-state index contributed by atoms with van der Waals surface area (Å²) in [5.74, 6) is -3.51. The number of benzene rings is 2. The molecule has 2 aromatic heterocycles. The number of hydrogen-bond donors (Lipinski definition) is 1. The molecule has 2 N–H and O–H groups in total. The van der Waals surface area contributed by atoms with E-state index < -0.39 is 52.1 Å². The Balaban J connectivity index is 2.00. The van der Waals surface area contributed by atoms with Crippen LogP contribution in [0.2, 0.25) is 5.02 Å². The van der Waals surface area contributed by atoms with Crippen molar-refractivity contribution < 1.29 is 36.4 Å². The second kappa shape index (κ2) is 9.46. The van der Waals surface area contributed by atoms with Gasteiger partial charge in [0, 0.05) is 5.56 Å². The smallest absolute Gasteiger partial charge is 0.434 e. The Bertz CT molecular complexity index is 1460. The van der Waals surface area contributed by atoms with E-state index in [2.05, 4.69) is 10.3 Å². The first-order chi connectivity index (χ1) is 17.0. The van der Waals surface area contributed by atoms with Crippen LogP contribution < -0.4 is 5.73 Å². The van der Waals surface area contributed by atoms with Gasteiger partial charge in [0.1, 0.15) is 17.1 Å². The average molecular weight is 523 g/mol. The van der Waals surface area contributed by atoms with Gasteiger partial charge >= 0.3 is 12.1 Å². The quantitative estimate of drug-likeness (QED) is 0.272. The fraction of sp³-hybridized carbons (Fsp3) is 0.130. The average Bonchev–Trinajstić information content (AvgIpc) is 3.44. The van der Waals surface area contributed by atoms with Crippen molar-refractivity contribution in [3.8, 4) is 28.3 Å². The summed E-state index contributed by atoms with van der Waals surface area (Å²) in [7, 11) is 0. The number of amides is 1. The van der Waals surface area contributed by atoms with Crippen LogP contribution in [0.5, 0.6) is 0 Å². The molecule has 13 heteroatoms. The molecule has 0 saturated heterocycles. The Labute approximate surface area is 205 Å². The van der Waals surface area contributed by atoms with Crippen LogP contribution in [-0.2, 0) is 10.9 Å². The maximum Gasteiger partial charge on any atom is 0.434 e. The molecule has 0 fully saturated rings. The van der Waals surface area contributed by atoms with Gasteiger partial charge < -0.3 is 15.0 Å². The van der Waals surface area contributed by atoms with E-state index in [9.17, 15) is 27.2 Å². The van der Waals surface area contributed by atoms with Crippen molar-refractivity contribution in [2.24, 2.45) is 5.73 Å². The topological polar surface area (TPSA) is 113 Å². The van der Waals surface area contributed by atoms with Crippen LogP contribution in [-0.4, -0.2) is 33.4 Å². The zero-order valence-electron chi connectivity index (χ0n) is 18.3. The molecule has 2 aromatic carbocycles. The summed E-state index contributed by atoms with van der Waals surface area (Å²) < 4.78 is 68.2. The van der Waals surface area contributed by atoms with Crippen LogP contribution in [0.4, 0.5) is 17.6 Å². The lowest BCUT2D eigenvalue weighted by Crippen LogP contribution is -2.16. The van der Waals surface area contributed by atoms with Gasteiger partial charge in [-0.3, -0.25) is 4.79 Å². The van der Waals surface area contributed by atoms with Crippen LogP contribution in [0.15, 0.2) is 53.2 Å². The van der Waals surface area contributed by atoms with Gasteiger partial charge in [-0.2, -0.15) is 18.3 Å². The number of nitrogens with zero attached hydrogens (tertiary/aromatic N) is 3.